The molecule has 21 heavy (non-hydrogen) atoms. The zero-order valence-electron chi connectivity index (χ0n) is 11.5. The number of rotatable bonds is 2. The summed E-state index contributed by atoms with van der Waals surface area (Å²) in [5, 5.41) is 1.29. The Morgan fingerprint density at radius 3 is 1.90 bits per heavy atom. The molecule has 0 amide bonds. The normalized spacial score (nSPS) is 9.62. The van der Waals surface area contributed by atoms with Gasteiger partial charge in [0.1, 0.15) is 0 Å². The molecule has 3 heteroatoms. The number of halogens is 1. The molecule has 1 heterocycles. The second-order valence-electron chi connectivity index (χ2n) is 4.59. The number of hydrogen-bond acceptors (Lipinski definition) is 1. The molecule has 0 atom stereocenters. The third kappa shape index (κ3) is 3.34. The Kier molecular flexibility index (Phi) is 6.13. The minimum atomic E-state index is 0. The van der Waals surface area contributed by atoms with Crippen molar-refractivity contribution in [3.8, 4) is 16.3 Å². The molecule has 0 aliphatic carbocycles. The molecular formula is C18H20ClNS. The zero-order valence-corrected chi connectivity index (χ0v) is 13.1. The fraction of sp³-hybridized carbons (Fsp3) is 0.167. The highest BCUT2D eigenvalue weighted by Crippen LogP contribution is 2.27. The van der Waals surface area contributed by atoms with Crippen molar-refractivity contribution >= 4 is 11.3 Å². The van der Waals surface area contributed by atoms with Crippen molar-refractivity contribution in [1.29, 1.82) is 0 Å². The van der Waals surface area contributed by atoms with Gasteiger partial charge in [-0.05, 0) is 19.1 Å². The van der Waals surface area contributed by atoms with Gasteiger partial charge in [0.2, 0.25) is 5.69 Å². The van der Waals surface area contributed by atoms with Crippen LogP contribution in [0.25, 0.3) is 16.3 Å². The third-order valence-corrected chi connectivity index (χ3v) is 4.55. The van der Waals surface area contributed by atoms with Crippen molar-refractivity contribution in [2.45, 2.75) is 21.3 Å². The predicted octanol–water partition coefficient (Wildman–Crippen LogP) is 1.95. The number of nitrogens with zero attached hydrogens (tertiary/aromatic N) is 1. The van der Waals surface area contributed by atoms with Crippen LogP contribution in [0.5, 0.6) is 0 Å². The summed E-state index contributed by atoms with van der Waals surface area (Å²) in [7, 11) is 0. The Balaban J connectivity index is 0.00000110. The quantitative estimate of drug-likeness (QED) is 0.636. The van der Waals surface area contributed by atoms with E-state index in [1.54, 1.807) is 0 Å². The minimum Gasteiger partial charge on any atom is -1.00 e. The maximum absolute atomic E-state index is 2.34. The van der Waals surface area contributed by atoms with E-state index in [2.05, 4.69) is 79.1 Å². The Bertz CT molecular complexity index is 690. The molecule has 3 rings (SSSR count). The van der Waals surface area contributed by atoms with E-state index in [-0.39, 0.29) is 19.8 Å². The van der Waals surface area contributed by atoms with Crippen molar-refractivity contribution in [3.63, 3.8) is 0 Å². The molecule has 0 aliphatic rings. The molecule has 3 aromatic rings. The van der Waals surface area contributed by atoms with Gasteiger partial charge in [-0.2, -0.15) is 0 Å². The van der Waals surface area contributed by atoms with Crippen LogP contribution in [0, 0.1) is 13.8 Å². The lowest BCUT2D eigenvalue weighted by Gasteiger charge is -1.99. The highest BCUT2D eigenvalue weighted by Gasteiger charge is 2.24. The average molecular weight is 318 g/mol. The van der Waals surface area contributed by atoms with E-state index in [4.69, 9.17) is 0 Å². The Hall–Kier alpha value is -1.64. The summed E-state index contributed by atoms with van der Waals surface area (Å²) in [4.78, 5) is 1.36. The first-order chi connectivity index (χ1) is 9.27. The maximum atomic E-state index is 2.34. The van der Waals surface area contributed by atoms with Crippen molar-refractivity contribution in [3.05, 3.63) is 71.2 Å². The number of aryl methyl sites for hydroxylation is 1. The third-order valence-electron chi connectivity index (χ3n) is 3.33. The summed E-state index contributed by atoms with van der Waals surface area (Å²) in [5.74, 6) is 0. The molecule has 0 fully saturated rings. The topological polar surface area (TPSA) is 3.88 Å². The standard InChI is InChI=1S/C17H16NS.CH4.ClH/c1-13-14(2)19-17(15-9-5-3-6-10-15)18(13)16-11-7-4-8-12-16;;/h3-12H,1-2H3;1H4;1H/q+1;;/p-1. The molecule has 0 unspecified atom stereocenters. The Labute approximate surface area is 137 Å². The van der Waals surface area contributed by atoms with Gasteiger partial charge in [0.25, 0.3) is 5.01 Å². The van der Waals surface area contributed by atoms with E-state index in [1.807, 2.05) is 11.3 Å². The molecule has 110 valence electrons. The molecule has 1 nitrogen and oxygen atoms in total. The molecule has 2 aromatic carbocycles. The van der Waals surface area contributed by atoms with Crippen LogP contribution < -0.4 is 17.0 Å². The zero-order chi connectivity index (χ0) is 13.2. The van der Waals surface area contributed by atoms with Gasteiger partial charge in [0.05, 0.1) is 10.4 Å². The van der Waals surface area contributed by atoms with Crippen LogP contribution in [-0.4, -0.2) is 0 Å². The first-order valence-electron chi connectivity index (χ1n) is 6.40. The fourth-order valence-corrected chi connectivity index (χ4v) is 3.35. The van der Waals surface area contributed by atoms with Gasteiger partial charge in [0.15, 0.2) is 5.69 Å². The van der Waals surface area contributed by atoms with Crippen molar-refractivity contribution in [2.24, 2.45) is 0 Å². The number of hydrogen-bond donors (Lipinski definition) is 0. The van der Waals surface area contributed by atoms with Gasteiger partial charge >= 0.3 is 0 Å². The van der Waals surface area contributed by atoms with Crippen LogP contribution >= 0.6 is 11.3 Å². The van der Waals surface area contributed by atoms with Crippen LogP contribution in [-0.2, 0) is 0 Å². The molecule has 0 saturated carbocycles. The molecular weight excluding hydrogens is 298 g/mol. The number of aromatic nitrogens is 1. The average Bonchev–Trinajstić information content (AvgIpc) is 2.77. The molecule has 0 aliphatic heterocycles. The molecule has 0 radical (unpaired) electrons. The van der Waals surface area contributed by atoms with Crippen LogP contribution in [0.3, 0.4) is 0 Å². The van der Waals surface area contributed by atoms with E-state index in [0.717, 1.165) is 0 Å². The number of benzene rings is 2. The Morgan fingerprint density at radius 2 is 1.33 bits per heavy atom. The van der Waals surface area contributed by atoms with E-state index in [1.165, 1.54) is 26.8 Å². The summed E-state index contributed by atoms with van der Waals surface area (Å²) in [6.45, 7) is 4.37. The second kappa shape index (κ2) is 7.39. The lowest BCUT2D eigenvalue weighted by Crippen LogP contribution is -3.00. The van der Waals surface area contributed by atoms with Gasteiger partial charge < -0.3 is 12.4 Å². The van der Waals surface area contributed by atoms with Crippen LogP contribution in [0.2, 0.25) is 0 Å². The first-order valence-corrected chi connectivity index (χ1v) is 7.22. The van der Waals surface area contributed by atoms with Gasteiger partial charge in [0, 0.05) is 19.1 Å². The van der Waals surface area contributed by atoms with Crippen LogP contribution in [0.1, 0.15) is 18.0 Å². The van der Waals surface area contributed by atoms with Crippen LogP contribution in [0.4, 0.5) is 0 Å². The van der Waals surface area contributed by atoms with Crippen LogP contribution in [0.15, 0.2) is 60.7 Å². The molecule has 0 N–H and O–H groups in total. The van der Waals surface area contributed by atoms with Gasteiger partial charge in [-0.1, -0.05) is 55.2 Å². The highest BCUT2D eigenvalue weighted by molar-refractivity contribution is 7.14. The molecule has 0 spiro atoms. The van der Waals surface area contributed by atoms with Crippen molar-refractivity contribution in [1.82, 2.24) is 0 Å². The fourth-order valence-electron chi connectivity index (χ4n) is 2.23. The lowest BCUT2D eigenvalue weighted by atomic mass is 10.2. The van der Waals surface area contributed by atoms with Crippen molar-refractivity contribution in [2.75, 3.05) is 0 Å². The van der Waals surface area contributed by atoms with Gasteiger partial charge in [-0.25, -0.2) is 0 Å². The molecule has 1 aromatic heterocycles. The second-order valence-corrected chi connectivity index (χ2v) is 5.79. The minimum absolute atomic E-state index is 0. The summed E-state index contributed by atoms with van der Waals surface area (Å²) < 4.78 is 2.34. The number of para-hydroxylation sites is 1. The summed E-state index contributed by atoms with van der Waals surface area (Å²) >= 11 is 1.85. The predicted molar refractivity (Wildman–Crippen MR) is 87.5 cm³/mol. The smallest absolute Gasteiger partial charge is 0.275 e. The van der Waals surface area contributed by atoms with Crippen molar-refractivity contribution < 1.29 is 17.0 Å². The van der Waals surface area contributed by atoms with E-state index < -0.39 is 0 Å². The largest absolute Gasteiger partial charge is 1.00 e. The Morgan fingerprint density at radius 1 is 0.810 bits per heavy atom. The van der Waals surface area contributed by atoms with Gasteiger partial charge in [-0.15, -0.1) is 4.57 Å². The maximum Gasteiger partial charge on any atom is 0.275 e. The van der Waals surface area contributed by atoms with E-state index >= 15 is 0 Å². The molecule has 0 saturated heterocycles. The monoisotopic (exact) mass is 317 g/mol. The summed E-state index contributed by atoms with van der Waals surface area (Å²) in [6, 6.07) is 21.1. The lowest BCUT2D eigenvalue weighted by molar-refractivity contribution is -0.586. The summed E-state index contributed by atoms with van der Waals surface area (Å²) in [5.41, 5.74) is 3.81. The van der Waals surface area contributed by atoms with E-state index in [0.29, 0.717) is 0 Å². The highest BCUT2D eigenvalue weighted by atomic mass is 35.5. The first kappa shape index (κ1) is 17.4. The van der Waals surface area contributed by atoms with E-state index in [9.17, 15) is 0 Å². The van der Waals surface area contributed by atoms with Gasteiger partial charge in [-0.3, -0.25) is 0 Å². The summed E-state index contributed by atoms with van der Waals surface area (Å²) in [6.07, 6.45) is 0. The SMILES string of the molecule is C.Cc1sc(-c2ccccc2)[n+](-c2ccccc2)c1C.[Cl-]. The molecule has 0 bridgehead atoms. The number of thiazole rings is 1.